The molecule has 1 aromatic carbocycles. The molecular formula is C26H33N3O4. The van der Waals surface area contributed by atoms with E-state index in [1.54, 1.807) is 0 Å². The lowest BCUT2D eigenvalue weighted by Gasteiger charge is -2.32. The van der Waals surface area contributed by atoms with E-state index in [0.29, 0.717) is 44.5 Å². The van der Waals surface area contributed by atoms with Crippen molar-refractivity contribution < 1.29 is 19.1 Å². The number of fused-ring (bicyclic) bond motifs is 1. The molecule has 1 aromatic heterocycles. The molecule has 0 N–H and O–H groups in total. The van der Waals surface area contributed by atoms with E-state index >= 15 is 0 Å². The lowest BCUT2D eigenvalue weighted by molar-refractivity contribution is -0.131. The van der Waals surface area contributed by atoms with E-state index in [0.717, 1.165) is 72.9 Å². The van der Waals surface area contributed by atoms with Gasteiger partial charge < -0.3 is 23.8 Å². The quantitative estimate of drug-likeness (QED) is 0.711. The van der Waals surface area contributed by atoms with Gasteiger partial charge in [0.05, 0.1) is 5.56 Å². The largest absolute Gasteiger partial charge is 0.486 e. The Morgan fingerprint density at radius 1 is 0.909 bits per heavy atom. The van der Waals surface area contributed by atoms with Crippen molar-refractivity contribution in [3.05, 3.63) is 41.2 Å². The van der Waals surface area contributed by atoms with Gasteiger partial charge in [0.15, 0.2) is 11.5 Å². The van der Waals surface area contributed by atoms with Crippen LogP contribution in [0, 0.1) is 19.8 Å². The van der Waals surface area contributed by atoms with Crippen LogP contribution in [0.5, 0.6) is 11.5 Å². The van der Waals surface area contributed by atoms with Gasteiger partial charge in [0.2, 0.25) is 5.91 Å². The number of rotatable bonds is 4. The zero-order valence-electron chi connectivity index (χ0n) is 19.6. The predicted molar refractivity (Wildman–Crippen MR) is 125 cm³/mol. The number of amides is 2. The number of nitrogens with zero attached hydrogens (tertiary/aromatic N) is 3. The lowest BCUT2D eigenvalue weighted by Crippen LogP contribution is -2.40. The fourth-order valence-electron chi connectivity index (χ4n) is 5.40. The van der Waals surface area contributed by atoms with Crippen LogP contribution in [-0.4, -0.2) is 65.6 Å². The summed E-state index contributed by atoms with van der Waals surface area (Å²) in [5.74, 6) is 2.25. The Morgan fingerprint density at radius 2 is 1.61 bits per heavy atom. The molecule has 0 spiro atoms. The van der Waals surface area contributed by atoms with E-state index in [9.17, 15) is 9.59 Å². The van der Waals surface area contributed by atoms with Crippen LogP contribution < -0.4 is 9.47 Å². The van der Waals surface area contributed by atoms with Gasteiger partial charge in [0.25, 0.3) is 5.91 Å². The number of aromatic nitrogens is 1. The molecule has 176 valence electrons. The van der Waals surface area contributed by atoms with Crippen LogP contribution in [-0.2, 0) is 4.79 Å². The molecule has 5 rings (SSSR count). The zero-order chi connectivity index (χ0) is 22.9. The fraction of sp³-hybridized carbons (Fsp3) is 0.538. The number of piperidine rings is 1. The highest BCUT2D eigenvalue weighted by Gasteiger charge is 2.29. The van der Waals surface area contributed by atoms with Gasteiger partial charge in [-0.15, -0.1) is 0 Å². The maximum absolute atomic E-state index is 13.4. The molecule has 7 nitrogen and oxygen atoms in total. The minimum absolute atomic E-state index is 0.0798. The summed E-state index contributed by atoms with van der Waals surface area (Å²) >= 11 is 0. The first kappa shape index (κ1) is 21.9. The minimum Gasteiger partial charge on any atom is -0.486 e. The SMILES string of the molecule is Cc1cc(C(=O)N2CCC(CC(=O)N3CCCC3)CC2)c(C)n1-c1ccc2c(c1)OCCO2. The van der Waals surface area contributed by atoms with Crippen molar-refractivity contribution in [2.75, 3.05) is 39.4 Å². The van der Waals surface area contributed by atoms with Crippen LogP contribution in [0.15, 0.2) is 24.3 Å². The predicted octanol–water partition coefficient (Wildman–Crippen LogP) is 3.73. The van der Waals surface area contributed by atoms with Gasteiger partial charge in [0, 0.05) is 55.7 Å². The smallest absolute Gasteiger partial charge is 0.255 e. The van der Waals surface area contributed by atoms with Gasteiger partial charge in [-0.25, -0.2) is 0 Å². The number of carbonyl (C=O) groups is 2. The number of hydrogen-bond donors (Lipinski definition) is 0. The van der Waals surface area contributed by atoms with Crippen molar-refractivity contribution in [1.29, 1.82) is 0 Å². The van der Waals surface area contributed by atoms with Gasteiger partial charge in [-0.05, 0) is 63.6 Å². The Morgan fingerprint density at radius 3 is 2.33 bits per heavy atom. The Kier molecular flexibility index (Phi) is 6.04. The number of hydrogen-bond acceptors (Lipinski definition) is 4. The molecule has 3 aliphatic heterocycles. The molecule has 2 saturated heterocycles. The third kappa shape index (κ3) is 4.33. The van der Waals surface area contributed by atoms with Gasteiger partial charge in [-0.1, -0.05) is 0 Å². The molecule has 2 aromatic rings. The highest BCUT2D eigenvalue weighted by atomic mass is 16.6. The summed E-state index contributed by atoms with van der Waals surface area (Å²) in [4.78, 5) is 29.8. The Balaban J connectivity index is 1.26. The molecule has 2 amide bonds. The summed E-state index contributed by atoms with van der Waals surface area (Å²) in [7, 11) is 0. The average molecular weight is 452 g/mol. The number of aryl methyl sites for hydroxylation is 1. The Bertz CT molecular complexity index is 1050. The van der Waals surface area contributed by atoms with Crippen molar-refractivity contribution in [2.45, 2.75) is 46.0 Å². The second kappa shape index (κ2) is 9.12. The maximum atomic E-state index is 13.4. The number of benzene rings is 1. The topological polar surface area (TPSA) is 64.0 Å². The maximum Gasteiger partial charge on any atom is 0.255 e. The highest BCUT2D eigenvalue weighted by Crippen LogP contribution is 2.34. The van der Waals surface area contributed by atoms with Crippen molar-refractivity contribution in [1.82, 2.24) is 14.4 Å². The Hall–Kier alpha value is -2.96. The van der Waals surface area contributed by atoms with Crippen molar-refractivity contribution >= 4 is 11.8 Å². The van der Waals surface area contributed by atoms with Crippen LogP contribution in [0.3, 0.4) is 0 Å². The van der Waals surface area contributed by atoms with Crippen LogP contribution in [0.2, 0.25) is 0 Å². The van der Waals surface area contributed by atoms with Crippen LogP contribution >= 0.6 is 0 Å². The molecule has 0 unspecified atom stereocenters. The van der Waals surface area contributed by atoms with Crippen LogP contribution in [0.25, 0.3) is 5.69 Å². The van der Waals surface area contributed by atoms with Gasteiger partial charge in [0.1, 0.15) is 13.2 Å². The first-order chi connectivity index (χ1) is 16.0. The lowest BCUT2D eigenvalue weighted by atomic mass is 9.92. The summed E-state index contributed by atoms with van der Waals surface area (Å²) in [5, 5.41) is 0. The molecule has 4 heterocycles. The fourth-order valence-corrected chi connectivity index (χ4v) is 5.40. The number of carbonyl (C=O) groups excluding carboxylic acids is 2. The van der Waals surface area contributed by atoms with E-state index in [1.165, 1.54) is 0 Å². The van der Waals surface area contributed by atoms with Crippen LogP contribution in [0.1, 0.15) is 53.8 Å². The summed E-state index contributed by atoms with van der Waals surface area (Å²) < 4.78 is 13.5. The minimum atomic E-state index is 0.0798. The monoisotopic (exact) mass is 451 g/mol. The second-order valence-electron chi connectivity index (χ2n) is 9.48. The first-order valence-corrected chi connectivity index (χ1v) is 12.2. The van der Waals surface area contributed by atoms with Crippen molar-refractivity contribution in [3.63, 3.8) is 0 Å². The average Bonchev–Trinajstić information content (AvgIpc) is 3.47. The van der Waals surface area contributed by atoms with Crippen molar-refractivity contribution in [3.8, 4) is 17.2 Å². The molecule has 3 aliphatic rings. The zero-order valence-corrected chi connectivity index (χ0v) is 19.6. The summed E-state index contributed by atoms with van der Waals surface area (Å²) in [6.07, 6.45) is 4.67. The standard InChI is InChI=1S/C26H33N3O4/c1-18-15-22(19(2)29(18)21-5-6-23-24(17-21)33-14-13-32-23)26(31)28-11-7-20(8-12-28)16-25(30)27-9-3-4-10-27/h5-6,15,17,20H,3-4,7-14,16H2,1-2H3. The molecule has 2 fully saturated rings. The molecule has 33 heavy (non-hydrogen) atoms. The van der Waals surface area contributed by atoms with Gasteiger partial charge >= 0.3 is 0 Å². The van der Waals surface area contributed by atoms with Gasteiger partial charge in [-0.3, -0.25) is 9.59 Å². The summed E-state index contributed by atoms with van der Waals surface area (Å²) in [6.45, 7) is 8.38. The molecular weight excluding hydrogens is 418 g/mol. The number of likely N-dealkylation sites (tertiary alicyclic amines) is 2. The van der Waals surface area contributed by atoms with E-state index in [-0.39, 0.29) is 5.91 Å². The van der Waals surface area contributed by atoms with E-state index in [2.05, 4.69) is 4.57 Å². The van der Waals surface area contributed by atoms with E-state index in [1.807, 2.05) is 47.9 Å². The second-order valence-corrected chi connectivity index (χ2v) is 9.48. The first-order valence-electron chi connectivity index (χ1n) is 12.2. The highest BCUT2D eigenvalue weighted by molar-refractivity contribution is 5.96. The third-order valence-corrected chi connectivity index (χ3v) is 7.27. The summed E-state index contributed by atoms with van der Waals surface area (Å²) in [5.41, 5.74) is 3.65. The van der Waals surface area contributed by atoms with E-state index < -0.39 is 0 Å². The molecule has 0 aliphatic carbocycles. The molecule has 0 bridgehead atoms. The molecule has 7 heteroatoms. The Labute approximate surface area is 195 Å². The molecule has 0 saturated carbocycles. The normalized spacial score (nSPS) is 18.6. The van der Waals surface area contributed by atoms with Crippen LogP contribution in [0.4, 0.5) is 0 Å². The number of ether oxygens (including phenoxy) is 2. The van der Waals surface area contributed by atoms with Gasteiger partial charge in [-0.2, -0.15) is 0 Å². The summed E-state index contributed by atoms with van der Waals surface area (Å²) in [6, 6.07) is 7.89. The molecule has 0 radical (unpaired) electrons. The van der Waals surface area contributed by atoms with E-state index in [4.69, 9.17) is 9.47 Å². The van der Waals surface area contributed by atoms with Crippen molar-refractivity contribution in [2.24, 2.45) is 5.92 Å². The molecule has 0 atom stereocenters. The third-order valence-electron chi connectivity index (χ3n) is 7.27.